The van der Waals surface area contributed by atoms with Gasteiger partial charge in [0, 0.05) is 10.9 Å². The molecule has 0 aliphatic heterocycles. The molecule has 2 aliphatic rings. The highest BCUT2D eigenvalue weighted by Crippen LogP contribution is 2.44. The quantitative estimate of drug-likeness (QED) is 0.520. The van der Waals surface area contributed by atoms with Gasteiger partial charge in [0.1, 0.15) is 0 Å². The lowest BCUT2D eigenvalue weighted by Crippen LogP contribution is -2.24. The summed E-state index contributed by atoms with van der Waals surface area (Å²) in [7, 11) is 0. The summed E-state index contributed by atoms with van der Waals surface area (Å²) in [6.07, 6.45) is 10.0. The minimum Gasteiger partial charge on any atom is -0.296 e. The van der Waals surface area contributed by atoms with E-state index in [-0.39, 0.29) is 5.92 Å². The molecule has 1 aromatic carbocycles. The zero-order valence-corrected chi connectivity index (χ0v) is 16.0. The monoisotopic (exact) mass is 378 g/mol. The van der Waals surface area contributed by atoms with Crippen LogP contribution in [-0.2, 0) is 0 Å². The van der Waals surface area contributed by atoms with Crippen molar-refractivity contribution < 1.29 is 4.79 Å². The molecule has 0 atom stereocenters. The van der Waals surface area contributed by atoms with Gasteiger partial charge in [0.25, 0.3) is 0 Å². The lowest BCUT2D eigenvalue weighted by Gasteiger charge is -2.28. The summed E-state index contributed by atoms with van der Waals surface area (Å²) in [4.78, 5) is 17.8. The van der Waals surface area contributed by atoms with Crippen molar-refractivity contribution in [1.82, 2.24) is 9.38 Å². The molecule has 138 valence electrons. The second-order valence-corrected chi connectivity index (χ2v) is 8.50. The fraction of sp³-hybridized carbons (Fsp3) is 0.391. The van der Waals surface area contributed by atoms with E-state index in [0.717, 1.165) is 41.9 Å². The van der Waals surface area contributed by atoms with Gasteiger partial charge in [-0.05, 0) is 79.7 Å². The van der Waals surface area contributed by atoms with Crippen LogP contribution in [-0.4, -0.2) is 15.2 Å². The number of benzene rings is 1. The Morgan fingerprint density at radius 3 is 2.52 bits per heavy atom. The van der Waals surface area contributed by atoms with Gasteiger partial charge in [-0.15, -0.1) is 0 Å². The summed E-state index contributed by atoms with van der Waals surface area (Å²) in [5.41, 5.74) is 4.43. The van der Waals surface area contributed by atoms with Crippen molar-refractivity contribution in [2.45, 2.75) is 50.4 Å². The second-order valence-electron chi connectivity index (χ2n) is 8.07. The molecule has 2 heterocycles. The largest absolute Gasteiger partial charge is 0.296 e. The van der Waals surface area contributed by atoms with Gasteiger partial charge < -0.3 is 0 Å². The maximum atomic E-state index is 13.5. The van der Waals surface area contributed by atoms with Crippen LogP contribution in [0.25, 0.3) is 5.52 Å². The minimum absolute atomic E-state index is 0.117. The first-order valence-electron chi connectivity index (χ1n) is 9.95. The standard InChI is InChI=1S/C23H23ClN2O/c24-19-3-1-2-18(12-19)15-4-8-17(9-5-15)23(27)22-21(16-6-7-16)11-10-20-13-25-14-26(20)22/h1-3,10-17H,4-9H2. The normalized spacial score (nSPS) is 22.9. The van der Waals surface area contributed by atoms with E-state index < -0.39 is 0 Å². The van der Waals surface area contributed by atoms with Crippen LogP contribution < -0.4 is 0 Å². The number of carbonyl (C=O) groups excluding carboxylic acids is 1. The molecule has 2 aromatic heterocycles. The zero-order valence-electron chi connectivity index (χ0n) is 15.3. The third kappa shape index (κ3) is 3.19. The highest BCUT2D eigenvalue weighted by atomic mass is 35.5. The molecule has 2 aliphatic carbocycles. The molecule has 0 radical (unpaired) electrons. The van der Waals surface area contributed by atoms with Gasteiger partial charge in [-0.25, -0.2) is 4.98 Å². The molecule has 3 aromatic rings. The number of fused-ring (bicyclic) bond motifs is 1. The Morgan fingerprint density at radius 2 is 1.78 bits per heavy atom. The lowest BCUT2D eigenvalue weighted by atomic mass is 9.76. The van der Waals surface area contributed by atoms with Crippen LogP contribution in [0.1, 0.15) is 72.0 Å². The highest BCUT2D eigenvalue weighted by molar-refractivity contribution is 6.30. The Morgan fingerprint density at radius 1 is 1.00 bits per heavy atom. The van der Waals surface area contributed by atoms with E-state index in [2.05, 4.69) is 29.2 Å². The molecule has 2 fully saturated rings. The van der Waals surface area contributed by atoms with E-state index in [1.807, 2.05) is 22.7 Å². The van der Waals surface area contributed by atoms with E-state index in [9.17, 15) is 4.79 Å². The Balaban J connectivity index is 1.39. The zero-order chi connectivity index (χ0) is 18.4. The van der Waals surface area contributed by atoms with Gasteiger partial charge in [-0.2, -0.15) is 0 Å². The second kappa shape index (κ2) is 6.79. The van der Waals surface area contributed by atoms with E-state index >= 15 is 0 Å². The molecule has 3 nitrogen and oxygen atoms in total. The first kappa shape index (κ1) is 17.0. The smallest absolute Gasteiger partial charge is 0.182 e. The Hall–Kier alpha value is -2.13. The molecule has 0 unspecified atom stereocenters. The van der Waals surface area contributed by atoms with Crippen molar-refractivity contribution in [3.8, 4) is 0 Å². The number of nitrogens with zero attached hydrogens (tertiary/aromatic N) is 2. The fourth-order valence-corrected chi connectivity index (χ4v) is 4.83. The van der Waals surface area contributed by atoms with Gasteiger partial charge >= 0.3 is 0 Å². The number of imidazole rings is 1. The lowest BCUT2D eigenvalue weighted by molar-refractivity contribution is 0.0876. The van der Waals surface area contributed by atoms with Crippen molar-refractivity contribution in [2.75, 3.05) is 0 Å². The Kier molecular flexibility index (Phi) is 4.28. The van der Waals surface area contributed by atoms with Gasteiger partial charge in [-0.1, -0.05) is 29.8 Å². The number of ketones is 1. The highest BCUT2D eigenvalue weighted by Gasteiger charge is 2.34. The first-order chi connectivity index (χ1) is 13.2. The molecule has 0 bridgehead atoms. The summed E-state index contributed by atoms with van der Waals surface area (Å²) in [5.74, 6) is 1.49. The SMILES string of the molecule is O=C(c1c(C2CC2)ccc2cncn12)C1CCC(c2cccc(Cl)c2)CC1. The van der Waals surface area contributed by atoms with Crippen molar-refractivity contribution >= 4 is 22.9 Å². The van der Waals surface area contributed by atoms with E-state index in [1.165, 1.54) is 24.0 Å². The molecule has 0 saturated heterocycles. The predicted molar refractivity (Wildman–Crippen MR) is 108 cm³/mol. The number of pyridine rings is 1. The maximum absolute atomic E-state index is 13.5. The molecule has 0 N–H and O–H groups in total. The number of rotatable bonds is 4. The van der Waals surface area contributed by atoms with Crippen LogP contribution in [0.15, 0.2) is 48.9 Å². The maximum Gasteiger partial charge on any atom is 0.182 e. The number of halogens is 1. The third-order valence-electron chi connectivity index (χ3n) is 6.28. The predicted octanol–water partition coefficient (Wildman–Crippen LogP) is 6.02. The van der Waals surface area contributed by atoms with Crippen molar-refractivity contribution in [3.05, 3.63) is 70.8 Å². The molecule has 5 rings (SSSR count). The van der Waals surface area contributed by atoms with Crippen LogP contribution in [0.5, 0.6) is 0 Å². The number of Topliss-reactive ketones (excluding diaryl/α,β-unsaturated/α-hetero) is 1. The van der Waals surface area contributed by atoms with E-state index in [1.54, 1.807) is 6.33 Å². The minimum atomic E-state index is 0.117. The van der Waals surface area contributed by atoms with Crippen molar-refractivity contribution in [3.63, 3.8) is 0 Å². The van der Waals surface area contributed by atoms with Crippen molar-refractivity contribution in [2.24, 2.45) is 5.92 Å². The third-order valence-corrected chi connectivity index (χ3v) is 6.52. The molecular weight excluding hydrogens is 356 g/mol. The van der Waals surface area contributed by atoms with Crippen LogP contribution in [0, 0.1) is 5.92 Å². The van der Waals surface area contributed by atoms with Crippen LogP contribution in [0.2, 0.25) is 5.02 Å². The van der Waals surface area contributed by atoms with Gasteiger partial charge in [0.2, 0.25) is 0 Å². The Labute approximate surface area is 164 Å². The molecule has 0 amide bonds. The number of hydrogen-bond acceptors (Lipinski definition) is 2. The van der Waals surface area contributed by atoms with E-state index in [4.69, 9.17) is 11.6 Å². The summed E-state index contributed by atoms with van der Waals surface area (Å²) in [6, 6.07) is 12.4. The topological polar surface area (TPSA) is 34.4 Å². The molecule has 27 heavy (non-hydrogen) atoms. The Bertz CT molecular complexity index is 997. The van der Waals surface area contributed by atoms with Gasteiger partial charge in [0.05, 0.1) is 23.7 Å². The molecule has 2 saturated carbocycles. The van der Waals surface area contributed by atoms with E-state index in [0.29, 0.717) is 17.6 Å². The van der Waals surface area contributed by atoms with Gasteiger partial charge in [-0.3, -0.25) is 9.20 Å². The van der Waals surface area contributed by atoms with Gasteiger partial charge in [0.15, 0.2) is 5.78 Å². The van der Waals surface area contributed by atoms with Crippen LogP contribution in [0.4, 0.5) is 0 Å². The number of carbonyl (C=O) groups is 1. The van der Waals surface area contributed by atoms with Crippen LogP contribution in [0.3, 0.4) is 0 Å². The molecule has 4 heteroatoms. The average molecular weight is 379 g/mol. The summed E-state index contributed by atoms with van der Waals surface area (Å²) >= 11 is 6.16. The summed E-state index contributed by atoms with van der Waals surface area (Å²) in [5, 5.41) is 0.798. The number of aromatic nitrogens is 2. The summed E-state index contributed by atoms with van der Waals surface area (Å²) in [6.45, 7) is 0. The molecule has 0 spiro atoms. The fourth-order valence-electron chi connectivity index (χ4n) is 4.64. The summed E-state index contributed by atoms with van der Waals surface area (Å²) < 4.78 is 2.01. The molecular formula is C23H23ClN2O. The van der Waals surface area contributed by atoms with Crippen molar-refractivity contribution in [1.29, 1.82) is 0 Å². The number of hydrogen-bond donors (Lipinski definition) is 0. The van der Waals surface area contributed by atoms with Crippen LogP contribution >= 0.6 is 11.6 Å². The average Bonchev–Trinajstić information content (AvgIpc) is 3.43. The first-order valence-corrected chi connectivity index (χ1v) is 10.3.